The Kier molecular flexibility index (Phi) is 2.78. The first-order valence-corrected chi connectivity index (χ1v) is 4.71. The number of nitrogens with zero attached hydrogens (tertiary/aromatic N) is 1. The predicted molar refractivity (Wildman–Crippen MR) is 56.7 cm³/mol. The van der Waals surface area contributed by atoms with E-state index < -0.39 is 0 Å². The molecule has 0 spiro atoms. The molecule has 0 bridgehead atoms. The highest BCUT2D eigenvalue weighted by Gasteiger charge is 2.04. The number of nitrogen functional groups attached to an aromatic ring is 1. The molecule has 0 atom stereocenters. The number of aromatic nitrogens is 1. The van der Waals surface area contributed by atoms with Crippen LogP contribution in [-0.2, 0) is 6.61 Å². The van der Waals surface area contributed by atoms with E-state index in [2.05, 4.69) is 4.98 Å². The molecule has 0 unspecified atom stereocenters. The van der Waals surface area contributed by atoms with Gasteiger partial charge in [-0.25, -0.2) is 0 Å². The highest BCUT2D eigenvalue weighted by molar-refractivity contribution is 6.29. The lowest BCUT2D eigenvalue weighted by molar-refractivity contribution is 0.262. The van der Waals surface area contributed by atoms with E-state index in [4.69, 9.17) is 26.5 Å². The van der Waals surface area contributed by atoms with E-state index in [0.717, 1.165) is 0 Å². The molecule has 0 fully saturated rings. The van der Waals surface area contributed by atoms with Crippen molar-refractivity contribution in [2.24, 2.45) is 0 Å². The lowest BCUT2D eigenvalue weighted by atomic mass is 10.4. The number of hydrogen-bond donors (Lipinski definition) is 1. The molecule has 2 N–H and O–H groups in total. The zero-order chi connectivity index (χ0) is 10.7. The second-order valence-corrected chi connectivity index (χ2v) is 3.28. The average molecular weight is 225 g/mol. The zero-order valence-corrected chi connectivity index (χ0v) is 8.57. The van der Waals surface area contributed by atoms with Crippen molar-refractivity contribution in [1.29, 1.82) is 0 Å². The SMILES string of the molecule is Nc1ccc(Cl)nc1OCc1ccco1. The van der Waals surface area contributed by atoms with Gasteiger partial charge < -0.3 is 14.9 Å². The maximum atomic E-state index is 5.71. The molecule has 0 aliphatic rings. The molecule has 0 saturated heterocycles. The third kappa shape index (κ3) is 2.41. The third-order valence-corrected chi connectivity index (χ3v) is 2.00. The molecule has 0 aliphatic carbocycles. The summed E-state index contributed by atoms with van der Waals surface area (Å²) in [5, 5.41) is 0.346. The minimum atomic E-state index is 0.282. The molecule has 0 amide bonds. The van der Waals surface area contributed by atoms with Crippen molar-refractivity contribution in [3.63, 3.8) is 0 Å². The Morgan fingerprint density at radius 1 is 1.40 bits per heavy atom. The van der Waals surface area contributed by atoms with Crippen LogP contribution in [0.1, 0.15) is 5.76 Å². The van der Waals surface area contributed by atoms with Crippen LogP contribution < -0.4 is 10.5 Å². The van der Waals surface area contributed by atoms with E-state index in [9.17, 15) is 0 Å². The van der Waals surface area contributed by atoms with Crippen molar-refractivity contribution in [1.82, 2.24) is 4.98 Å². The monoisotopic (exact) mass is 224 g/mol. The maximum absolute atomic E-state index is 5.71. The van der Waals surface area contributed by atoms with Gasteiger partial charge in [0, 0.05) is 0 Å². The van der Waals surface area contributed by atoms with Gasteiger partial charge in [0.15, 0.2) is 0 Å². The second-order valence-electron chi connectivity index (χ2n) is 2.90. The molecule has 5 heteroatoms. The number of hydrogen-bond acceptors (Lipinski definition) is 4. The van der Waals surface area contributed by atoms with E-state index in [1.165, 1.54) is 0 Å². The van der Waals surface area contributed by atoms with Crippen LogP contribution in [0.4, 0.5) is 5.69 Å². The summed E-state index contributed by atoms with van der Waals surface area (Å²) >= 11 is 5.71. The van der Waals surface area contributed by atoms with Crippen molar-refractivity contribution >= 4 is 17.3 Å². The number of halogens is 1. The first-order valence-electron chi connectivity index (χ1n) is 4.33. The van der Waals surface area contributed by atoms with Crippen LogP contribution in [0.3, 0.4) is 0 Å². The summed E-state index contributed by atoms with van der Waals surface area (Å²) in [6, 6.07) is 6.84. The summed E-state index contributed by atoms with van der Waals surface area (Å²) in [5.41, 5.74) is 6.10. The normalized spacial score (nSPS) is 10.2. The first-order chi connectivity index (χ1) is 7.25. The summed E-state index contributed by atoms with van der Waals surface area (Å²) in [7, 11) is 0. The molecular formula is C10H9ClN2O2. The number of rotatable bonds is 3. The molecule has 2 heterocycles. The van der Waals surface area contributed by atoms with Crippen molar-refractivity contribution in [2.75, 3.05) is 5.73 Å². The Hall–Kier alpha value is -1.68. The topological polar surface area (TPSA) is 61.3 Å². The Morgan fingerprint density at radius 3 is 3.00 bits per heavy atom. The molecule has 4 nitrogen and oxygen atoms in total. The van der Waals surface area contributed by atoms with E-state index in [1.807, 2.05) is 0 Å². The Labute approximate surface area is 91.6 Å². The van der Waals surface area contributed by atoms with Gasteiger partial charge in [-0.15, -0.1) is 0 Å². The van der Waals surface area contributed by atoms with Gasteiger partial charge in [0.05, 0.1) is 12.0 Å². The number of furan rings is 1. The largest absolute Gasteiger partial charge is 0.468 e. The lowest BCUT2D eigenvalue weighted by Crippen LogP contribution is -2.00. The quantitative estimate of drug-likeness (QED) is 0.814. The fourth-order valence-corrected chi connectivity index (χ4v) is 1.22. The van der Waals surface area contributed by atoms with Crippen LogP contribution in [-0.4, -0.2) is 4.98 Å². The fourth-order valence-electron chi connectivity index (χ4n) is 1.08. The standard InChI is InChI=1S/C10H9ClN2O2/c11-9-4-3-8(12)10(13-9)15-6-7-2-1-5-14-7/h1-5H,6,12H2. The molecule has 2 aromatic heterocycles. The van der Waals surface area contributed by atoms with E-state index in [1.54, 1.807) is 30.5 Å². The van der Waals surface area contributed by atoms with Gasteiger partial charge >= 0.3 is 0 Å². The Morgan fingerprint density at radius 2 is 2.27 bits per heavy atom. The van der Waals surface area contributed by atoms with Crippen LogP contribution in [0.15, 0.2) is 34.9 Å². The molecular weight excluding hydrogens is 216 g/mol. The van der Waals surface area contributed by atoms with Crippen LogP contribution in [0.5, 0.6) is 5.88 Å². The summed E-state index contributed by atoms with van der Waals surface area (Å²) in [5.74, 6) is 1.02. The van der Waals surface area contributed by atoms with Gasteiger partial charge in [-0.1, -0.05) is 11.6 Å². The minimum absolute atomic E-state index is 0.282. The van der Waals surface area contributed by atoms with Crippen molar-refractivity contribution in [3.8, 4) is 5.88 Å². The zero-order valence-electron chi connectivity index (χ0n) is 7.81. The summed E-state index contributed by atoms with van der Waals surface area (Å²) in [6.45, 7) is 0.282. The number of pyridine rings is 1. The molecule has 0 aliphatic heterocycles. The number of anilines is 1. The fraction of sp³-hybridized carbons (Fsp3) is 0.100. The molecule has 2 aromatic rings. The molecule has 15 heavy (non-hydrogen) atoms. The summed E-state index contributed by atoms with van der Waals surface area (Å²) in [4.78, 5) is 3.95. The maximum Gasteiger partial charge on any atom is 0.239 e. The van der Waals surface area contributed by atoms with Crippen molar-refractivity contribution in [3.05, 3.63) is 41.4 Å². The molecule has 0 saturated carbocycles. The van der Waals surface area contributed by atoms with Crippen molar-refractivity contribution < 1.29 is 9.15 Å². The highest BCUT2D eigenvalue weighted by atomic mass is 35.5. The second kappa shape index (κ2) is 4.23. The van der Waals surface area contributed by atoms with Crippen LogP contribution in [0.25, 0.3) is 0 Å². The Bertz CT molecular complexity index is 443. The molecule has 78 valence electrons. The van der Waals surface area contributed by atoms with Gasteiger partial charge in [0.25, 0.3) is 0 Å². The van der Waals surface area contributed by atoms with Gasteiger partial charge in [0.1, 0.15) is 17.5 Å². The Balaban J connectivity index is 2.07. The van der Waals surface area contributed by atoms with Crippen LogP contribution in [0.2, 0.25) is 5.15 Å². The minimum Gasteiger partial charge on any atom is -0.468 e. The smallest absolute Gasteiger partial charge is 0.239 e. The highest BCUT2D eigenvalue weighted by Crippen LogP contribution is 2.21. The molecule has 2 rings (SSSR count). The number of nitrogens with two attached hydrogens (primary N) is 1. The van der Waals surface area contributed by atoms with E-state index in [-0.39, 0.29) is 6.61 Å². The summed E-state index contributed by atoms with van der Waals surface area (Å²) in [6.07, 6.45) is 1.58. The van der Waals surface area contributed by atoms with Gasteiger partial charge in [-0.05, 0) is 24.3 Å². The van der Waals surface area contributed by atoms with Gasteiger partial charge in [-0.2, -0.15) is 4.98 Å². The van der Waals surface area contributed by atoms with E-state index >= 15 is 0 Å². The number of ether oxygens (including phenoxy) is 1. The van der Waals surface area contributed by atoms with E-state index in [0.29, 0.717) is 22.5 Å². The van der Waals surface area contributed by atoms with Crippen LogP contribution >= 0.6 is 11.6 Å². The van der Waals surface area contributed by atoms with Crippen molar-refractivity contribution in [2.45, 2.75) is 6.61 Å². The third-order valence-electron chi connectivity index (χ3n) is 1.79. The predicted octanol–water partition coefficient (Wildman–Crippen LogP) is 2.49. The van der Waals surface area contributed by atoms with Gasteiger partial charge in [-0.3, -0.25) is 0 Å². The average Bonchev–Trinajstić information content (AvgIpc) is 2.72. The molecule has 0 aromatic carbocycles. The van der Waals surface area contributed by atoms with Crippen LogP contribution in [0, 0.1) is 0 Å². The summed E-state index contributed by atoms with van der Waals surface area (Å²) < 4.78 is 10.4. The lowest BCUT2D eigenvalue weighted by Gasteiger charge is -2.05. The van der Waals surface area contributed by atoms with Gasteiger partial charge in [0.2, 0.25) is 5.88 Å². The molecule has 0 radical (unpaired) electrons. The first kappa shape index (κ1) is 9.86.